The highest BCUT2D eigenvalue weighted by Gasteiger charge is 2.24. The smallest absolute Gasteiger partial charge is 0.273 e. The topological polar surface area (TPSA) is 88.8 Å². The number of nitrogens with zero attached hydrogens (tertiary/aromatic N) is 6. The van der Waals surface area contributed by atoms with Crippen LogP contribution in [0.4, 0.5) is 10.2 Å². The Morgan fingerprint density at radius 1 is 1.24 bits per heavy atom. The first-order chi connectivity index (χ1) is 14.1. The quantitative estimate of drug-likeness (QED) is 0.711. The van der Waals surface area contributed by atoms with E-state index < -0.39 is 0 Å². The van der Waals surface area contributed by atoms with Crippen molar-refractivity contribution in [2.45, 2.75) is 32.4 Å². The van der Waals surface area contributed by atoms with Gasteiger partial charge in [-0.05, 0) is 49.6 Å². The zero-order valence-corrected chi connectivity index (χ0v) is 16.1. The van der Waals surface area contributed by atoms with Crippen molar-refractivity contribution in [3.8, 4) is 0 Å². The van der Waals surface area contributed by atoms with E-state index in [0.717, 1.165) is 36.5 Å². The summed E-state index contributed by atoms with van der Waals surface area (Å²) in [5, 5.41) is 19.3. The molecule has 1 saturated heterocycles. The lowest BCUT2D eigenvalue weighted by Gasteiger charge is -2.33. The van der Waals surface area contributed by atoms with Crippen LogP contribution in [-0.4, -0.2) is 50.2 Å². The summed E-state index contributed by atoms with van der Waals surface area (Å²) < 4.78 is 14.8. The van der Waals surface area contributed by atoms with E-state index in [9.17, 15) is 9.18 Å². The molecule has 8 nitrogen and oxygen atoms in total. The predicted octanol–water partition coefficient (Wildman–Crippen LogP) is 1.96. The fourth-order valence-electron chi connectivity index (χ4n) is 3.43. The first-order valence-electron chi connectivity index (χ1n) is 9.57. The normalized spacial score (nSPS) is 16.6. The van der Waals surface area contributed by atoms with E-state index in [2.05, 4.69) is 30.7 Å². The van der Waals surface area contributed by atoms with Crippen LogP contribution in [0.5, 0.6) is 0 Å². The molecule has 29 heavy (non-hydrogen) atoms. The van der Waals surface area contributed by atoms with Gasteiger partial charge in [-0.3, -0.25) is 4.79 Å². The summed E-state index contributed by atoms with van der Waals surface area (Å²) >= 11 is 0. The van der Waals surface area contributed by atoms with Gasteiger partial charge in [0.25, 0.3) is 5.91 Å². The highest BCUT2D eigenvalue weighted by atomic mass is 19.1. The molecule has 1 N–H and O–H groups in total. The summed E-state index contributed by atoms with van der Waals surface area (Å²) in [4.78, 5) is 14.7. The van der Waals surface area contributed by atoms with Crippen molar-refractivity contribution in [3.05, 3.63) is 65.4 Å². The van der Waals surface area contributed by atoms with Gasteiger partial charge in [0.2, 0.25) is 0 Å². The van der Waals surface area contributed by atoms with Crippen LogP contribution in [0.2, 0.25) is 0 Å². The fraction of sp³-hybridized carbons (Fsp3) is 0.350. The third kappa shape index (κ3) is 4.74. The summed E-state index contributed by atoms with van der Waals surface area (Å²) in [6.45, 7) is 3.80. The summed E-state index contributed by atoms with van der Waals surface area (Å²) in [5.74, 6) is 0.244. The second-order valence-electron chi connectivity index (χ2n) is 7.22. The molecule has 3 aromatic rings. The summed E-state index contributed by atoms with van der Waals surface area (Å²) in [6.07, 6.45) is 3.41. The third-order valence-corrected chi connectivity index (χ3v) is 4.87. The monoisotopic (exact) mass is 395 g/mol. The molecule has 1 aliphatic rings. The van der Waals surface area contributed by atoms with Crippen LogP contribution in [-0.2, 0) is 6.54 Å². The van der Waals surface area contributed by atoms with E-state index in [1.807, 2.05) is 19.1 Å². The molecule has 1 aliphatic heterocycles. The molecule has 2 aromatic heterocycles. The van der Waals surface area contributed by atoms with Crippen molar-refractivity contribution in [3.63, 3.8) is 0 Å². The molecule has 0 bridgehead atoms. The first kappa shape index (κ1) is 19.0. The predicted molar refractivity (Wildman–Crippen MR) is 105 cm³/mol. The molecule has 1 fully saturated rings. The zero-order valence-electron chi connectivity index (χ0n) is 16.1. The van der Waals surface area contributed by atoms with E-state index in [-0.39, 0.29) is 23.5 Å². The number of aryl methyl sites for hydroxylation is 1. The lowest BCUT2D eigenvalue weighted by atomic mass is 10.1. The van der Waals surface area contributed by atoms with E-state index >= 15 is 0 Å². The molecule has 0 spiro atoms. The molecule has 9 heteroatoms. The van der Waals surface area contributed by atoms with Crippen molar-refractivity contribution < 1.29 is 9.18 Å². The molecule has 3 heterocycles. The highest BCUT2D eigenvalue weighted by molar-refractivity contribution is 5.92. The molecule has 0 saturated carbocycles. The van der Waals surface area contributed by atoms with Crippen molar-refractivity contribution in [2.75, 3.05) is 18.0 Å². The molecule has 1 amide bonds. The molecule has 150 valence electrons. The van der Waals surface area contributed by atoms with Crippen LogP contribution in [0.1, 0.15) is 34.6 Å². The van der Waals surface area contributed by atoms with Gasteiger partial charge in [0.15, 0.2) is 11.5 Å². The summed E-state index contributed by atoms with van der Waals surface area (Å²) in [6, 6.07) is 10.1. The minimum Gasteiger partial charge on any atom is -0.353 e. The average molecular weight is 395 g/mol. The van der Waals surface area contributed by atoms with Gasteiger partial charge >= 0.3 is 0 Å². The number of piperidine rings is 1. The summed E-state index contributed by atoms with van der Waals surface area (Å²) in [5.41, 5.74) is 1.87. The van der Waals surface area contributed by atoms with Crippen molar-refractivity contribution in [2.24, 2.45) is 0 Å². The van der Waals surface area contributed by atoms with Gasteiger partial charge in [0.05, 0.1) is 18.4 Å². The number of nitrogens with one attached hydrogen (secondary N) is 1. The van der Waals surface area contributed by atoms with Gasteiger partial charge in [-0.25, -0.2) is 9.07 Å². The first-order valence-corrected chi connectivity index (χ1v) is 9.57. The Balaban J connectivity index is 1.36. The molecular weight excluding hydrogens is 373 g/mol. The number of amides is 1. The standard InChI is InChI=1S/C20H22FN7O/c1-14-7-8-19(25-23-14)27-9-3-6-17(12-27)22-20(29)18-13-28(26-24-18)11-15-4-2-5-16(21)10-15/h2,4-5,7-8,10,13,17H,3,6,9,11-12H2,1H3,(H,22,29). The Morgan fingerprint density at radius 2 is 2.14 bits per heavy atom. The maximum atomic E-state index is 13.3. The second kappa shape index (κ2) is 8.34. The van der Waals surface area contributed by atoms with Gasteiger partial charge in [-0.2, -0.15) is 5.10 Å². The Bertz CT molecular complexity index is 989. The van der Waals surface area contributed by atoms with Crippen LogP contribution in [0, 0.1) is 12.7 Å². The Hall–Kier alpha value is -3.36. The SMILES string of the molecule is Cc1ccc(N2CCCC(NC(=O)c3cn(Cc4cccc(F)c4)nn3)C2)nn1. The number of rotatable bonds is 5. The van der Waals surface area contributed by atoms with Gasteiger partial charge < -0.3 is 10.2 Å². The highest BCUT2D eigenvalue weighted by Crippen LogP contribution is 2.17. The molecule has 1 unspecified atom stereocenters. The minimum atomic E-state index is -0.305. The van der Waals surface area contributed by atoms with E-state index in [1.165, 1.54) is 16.8 Å². The maximum absolute atomic E-state index is 13.3. The average Bonchev–Trinajstić information content (AvgIpc) is 3.17. The Morgan fingerprint density at radius 3 is 2.93 bits per heavy atom. The fourth-order valence-corrected chi connectivity index (χ4v) is 3.43. The number of anilines is 1. The number of carbonyl (C=O) groups excluding carboxylic acids is 1. The number of halogens is 1. The molecule has 0 aliphatic carbocycles. The minimum absolute atomic E-state index is 0.00674. The van der Waals surface area contributed by atoms with Crippen LogP contribution >= 0.6 is 0 Å². The lowest BCUT2D eigenvalue weighted by Crippen LogP contribution is -2.48. The Labute approximate surface area is 167 Å². The van der Waals surface area contributed by atoms with Crippen molar-refractivity contribution >= 4 is 11.7 Å². The largest absolute Gasteiger partial charge is 0.353 e. The Kier molecular flexibility index (Phi) is 5.46. The van der Waals surface area contributed by atoms with E-state index in [0.29, 0.717) is 13.1 Å². The molecule has 1 atom stereocenters. The summed E-state index contributed by atoms with van der Waals surface area (Å²) in [7, 11) is 0. The van der Waals surface area contributed by atoms with Crippen molar-refractivity contribution in [1.82, 2.24) is 30.5 Å². The number of benzene rings is 1. The van der Waals surface area contributed by atoms with Crippen LogP contribution in [0.3, 0.4) is 0 Å². The van der Waals surface area contributed by atoms with Gasteiger partial charge in [0.1, 0.15) is 5.82 Å². The molecule has 0 radical (unpaired) electrons. The van der Waals surface area contributed by atoms with E-state index in [1.54, 1.807) is 18.3 Å². The maximum Gasteiger partial charge on any atom is 0.273 e. The second-order valence-corrected chi connectivity index (χ2v) is 7.22. The van der Waals surface area contributed by atoms with Crippen LogP contribution in [0.15, 0.2) is 42.6 Å². The molecule has 1 aromatic carbocycles. The van der Waals surface area contributed by atoms with Crippen LogP contribution in [0.25, 0.3) is 0 Å². The van der Waals surface area contributed by atoms with E-state index in [4.69, 9.17) is 0 Å². The van der Waals surface area contributed by atoms with Crippen molar-refractivity contribution in [1.29, 1.82) is 0 Å². The number of hydrogen-bond donors (Lipinski definition) is 1. The number of aromatic nitrogens is 5. The number of hydrogen-bond acceptors (Lipinski definition) is 6. The molecular formula is C20H22FN7O. The van der Waals surface area contributed by atoms with Gasteiger partial charge in [0, 0.05) is 19.1 Å². The van der Waals surface area contributed by atoms with Gasteiger partial charge in [-0.15, -0.1) is 10.2 Å². The molecule has 4 rings (SSSR count). The number of carbonyl (C=O) groups is 1. The lowest BCUT2D eigenvalue weighted by molar-refractivity contribution is 0.0928. The zero-order chi connectivity index (χ0) is 20.2. The van der Waals surface area contributed by atoms with Gasteiger partial charge in [-0.1, -0.05) is 17.3 Å². The third-order valence-electron chi connectivity index (χ3n) is 4.87. The van der Waals surface area contributed by atoms with Crippen LogP contribution < -0.4 is 10.2 Å².